The molecule has 0 saturated carbocycles. The topological polar surface area (TPSA) is 215 Å². The number of rotatable bonds is 4. The fourth-order valence-corrected chi connectivity index (χ4v) is 0.231. The molecule has 0 bridgehead atoms. The zero-order valence-corrected chi connectivity index (χ0v) is 8.17. The van der Waals surface area contributed by atoms with Gasteiger partial charge in [-0.1, -0.05) is 0 Å². The van der Waals surface area contributed by atoms with E-state index in [0.717, 1.165) is 0 Å². The van der Waals surface area contributed by atoms with Crippen molar-refractivity contribution in [1.29, 1.82) is 0 Å². The summed E-state index contributed by atoms with van der Waals surface area (Å²) in [6.45, 7) is 0.696. The molecule has 0 amide bonds. The first-order valence-electron chi connectivity index (χ1n) is 2.98. The molecule has 0 aliphatic heterocycles. The van der Waals surface area contributed by atoms with Gasteiger partial charge in [0.15, 0.2) is 0 Å². The van der Waals surface area contributed by atoms with E-state index in [-0.39, 0.29) is 31.7 Å². The van der Waals surface area contributed by atoms with Gasteiger partial charge in [-0.3, -0.25) is 0 Å². The molecule has 92 valence electrons. The van der Waals surface area contributed by atoms with Gasteiger partial charge in [-0.25, -0.2) is 0 Å². The molecule has 0 heterocycles. The molecule has 10 heteroatoms. The Balaban J connectivity index is -0.0000000347. The maximum atomic E-state index is 8.09. The van der Waals surface area contributed by atoms with Crippen LogP contribution in [0.2, 0.25) is 0 Å². The highest BCUT2D eigenvalue weighted by molar-refractivity contribution is 6.30. The van der Waals surface area contributed by atoms with Gasteiger partial charge in [-0.2, -0.15) is 0 Å². The van der Waals surface area contributed by atoms with Gasteiger partial charge in [0.25, 0.3) is 0 Å². The van der Waals surface area contributed by atoms with Crippen molar-refractivity contribution >= 4 is 7.32 Å². The Morgan fingerprint density at radius 2 is 1.00 bits per heavy atom. The van der Waals surface area contributed by atoms with Crippen molar-refractivity contribution in [1.82, 2.24) is 18.5 Å². The average molecular weight is 219 g/mol. The van der Waals surface area contributed by atoms with E-state index in [1.165, 1.54) is 0 Å². The van der Waals surface area contributed by atoms with Gasteiger partial charge < -0.3 is 48.5 Å². The lowest BCUT2D eigenvalue weighted by Gasteiger charge is -1.94. The average Bonchev–Trinajstić information content (AvgIpc) is 1.88. The minimum absolute atomic E-state index is 0. The predicted octanol–water partition coefficient (Wildman–Crippen LogP) is -2.58. The third kappa shape index (κ3) is 97.7. The van der Waals surface area contributed by atoms with Crippen molar-refractivity contribution in [2.24, 2.45) is 0 Å². The quantitative estimate of drug-likeness (QED) is 0.183. The third-order valence-corrected chi connectivity index (χ3v) is 0.471. The second-order valence-corrected chi connectivity index (χ2v) is 1.41. The third-order valence-electron chi connectivity index (χ3n) is 0.471. The van der Waals surface area contributed by atoms with Crippen LogP contribution >= 0.6 is 0 Å². The SMILES string of the molecule is N.N.N.OB(O)O.OCCOCCO. The molecule has 9 nitrogen and oxygen atoms in total. The van der Waals surface area contributed by atoms with Crippen LogP contribution in [0.3, 0.4) is 0 Å². The summed E-state index contributed by atoms with van der Waals surface area (Å²) in [7, 11) is -2.17. The molecule has 0 fully saturated rings. The van der Waals surface area contributed by atoms with E-state index >= 15 is 0 Å². The Morgan fingerprint density at radius 1 is 0.786 bits per heavy atom. The van der Waals surface area contributed by atoms with E-state index in [9.17, 15) is 0 Å². The van der Waals surface area contributed by atoms with Crippen LogP contribution < -0.4 is 18.5 Å². The highest BCUT2D eigenvalue weighted by Crippen LogP contribution is 1.68. The molecule has 14 heavy (non-hydrogen) atoms. The van der Waals surface area contributed by atoms with Crippen LogP contribution in [0.1, 0.15) is 0 Å². The van der Waals surface area contributed by atoms with Gasteiger partial charge >= 0.3 is 7.32 Å². The molecule has 0 aromatic carbocycles. The molecule has 0 saturated heterocycles. The molecule has 0 rings (SSSR count). The normalized spacial score (nSPS) is 6.64. The Labute approximate surface area is 83.3 Å². The maximum Gasteiger partial charge on any atom is 0.631 e. The summed E-state index contributed by atoms with van der Waals surface area (Å²) in [5.41, 5.74) is 0. The molecule has 0 spiro atoms. The molecule has 0 radical (unpaired) electrons. The highest BCUT2D eigenvalue weighted by atomic mass is 16.5. The van der Waals surface area contributed by atoms with E-state index in [2.05, 4.69) is 4.74 Å². The van der Waals surface area contributed by atoms with Gasteiger partial charge in [0.2, 0.25) is 0 Å². The largest absolute Gasteiger partial charge is 0.631 e. The Kier molecular flexibility index (Phi) is 61.1. The van der Waals surface area contributed by atoms with Gasteiger partial charge in [-0.15, -0.1) is 0 Å². The van der Waals surface area contributed by atoms with E-state index in [4.69, 9.17) is 25.3 Å². The lowest BCUT2D eigenvalue weighted by molar-refractivity contribution is 0.0650. The van der Waals surface area contributed by atoms with E-state index in [1.807, 2.05) is 0 Å². The van der Waals surface area contributed by atoms with Crippen LogP contribution in [-0.2, 0) is 4.74 Å². The molecule has 0 atom stereocenters. The zero-order chi connectivity index (χ0) is 9.11. The molecule has 0 aliphatic rings. The van der Waals surface area contributed by atoms with Crippen molar-refractivity contribution in [3.05, 3.63) is 0 Å². The summed E-state index contributed by atoms with van der Waals surface area (Å²) < 4.78 is 4.63. The van der Waals surface area contributed by atoms with Gasteiger partial charge in [0.05, 0.1) is 26.4 Å². The van der Waals surface area contributed by atoms with Crippen LogP contribution in [0.25, 0.3) is 0 Å². The number of aliphatic hydroxyl groups is 2. The van der Waals surface area contributed by atoms with Gasteiger partial charge in [-0.05, 0) is 0 Å². The predicted molar refractivity (Wildman–Crippen MR) is 52.5 cm³/mol. The minimum atomic E-state index is -2.17. The molecule has 0 unspecified atom stereocenters. The lowest BCUT2D eigenvalue weighted by atomic mass is 10.3. The van der Waals surface area contributed by atoms with Crippen LogP contribution in [0, 0.1) is 0 Å². The summed E-state index contributed by atoms with van der Waals surface area (Å²) in [4.78, 5) is 0. The second kappa shape index (κ2) is 29.3. The lowest BCUT2D eigenvalue weighted by Crippen LogP contribution is -2.07. The standard InChI is InChI=1S/C4H10O3.BH3O3.3H3N/c5-1-3-7-4-2-6;2-1(3)4;;;/h5-6H,1-4H2;2-4H;3*1H3. The molecule has 14 N–H and O–H groups in total. The Hall–Kier alpha value is -0.295. The second-order valence-electron chi connectivity index (χ2n) is 1.41. The Bertz CT molecular complexity index is 64.3. The molecule has 0 aromatic heterocycles. The number of hydrogen-bond acceptors (Lipinski definition) is 9. The van der Waals surface area contributed by atoms with E-state index < -0.39 is 7.32 Å². The summed E-state index contributed by atoms with van der Waals surface area (Å²) in [5, 5.41) is 37.7. The highest BCUT2D eigenvalue weighted by Gasteiger charge is 1.92. The fourth-order valence-electron chi connectivity index (χ4n) is 0.231. The number of hydrogen-bond donors (Lipinski definition) is 8. The monoisotopic (exact) mass is 219 g/mol. The van der Waals surface area contributed by atoms with E-state index in [0.29, 0.717) is 13.2 Å². The van der Waals surface area contributed by atoms with Crippen LogP contribution in [0.15, 0.2) is 0 Å². The zero-order valence-electron chi connectivity index (χ0n) is 8.17. The molecule has 0 aromatic rings. The van der Waals surface area contributed by atoms with Gasteiger partial charge in [0, 0.05) is 0 Å². The number of aliphatic hydroxyl groups excluding tert-OH is 2. The first-order chi connectivity index (χ1) is 5.15. The van der Waals surface area contributed by atoms with Gasteiger partial charge in [0.1, 0.15) is 0 Å². The van der Waals surface area contributed by atoms with E-state index in [1.54, 1.807) is 0 Å². The van der Waals surface area contributed by atoms with Crippen molar-refractivity contribution in [3.8, 4) is 0 Å². The Morgan fingerprint density at radius 3 is 1.14 bits per heavy atom. The molecule has 0 aliphatic carbocycles. The first kappa shape index (κ1) is 29.2. The number of ether oxygens (including phenoxy) is 1. The van der Waals surface area contributed by atoms with Crippen molar-refractivity contribution in [2.45, 2.75) is 0 Å². The molecular weight excluding hydrogens is 197 g/mol. The van der Waals surface area contributed by atoms with Crippen molar-refractivity contribution in [3.63, 3.8) is 0 Å². The van der Waals surface area contributed by atoms with Crippen LogP contribution in [-0.4, -0.2) is 59.0 Å². The smallest absolute Gasteiger partial charge is 0.402 e. The summed E-state index contributed by atoms with van der Waals surface area (Å²) in [6.07, 6.45) is 0. The maximum absolute atomic E-state index is 8.09. The first-order valence-corrected chi connectivity index (χ1v) is 2.98. The molecular formula is C4H22BN3O6. The van der Waals surface area contributed by atoms with Crippen molar-refractivity contribution < 1.29 is 30.0 Å². The van der Waals surface area contributed by atoms with Crippen LogP contribution in [0.5, 0.6) is 0 Å². The van der Waals surface area contributed by atoms with Crippen LogP contribution in [0.4, 0.5) is 0 Å². The summed E-state index contributed by atoms with van der Waals surface area (Å²) in [5.74, 6) is 0. The van der Waals surface area contributed by atoms with Crippen molar-refractivity contribution in [2.75, 3.05) is 26.4 Å². The minimum Gasteiger partial charge on any atom is -0.402 e. The summed E-state index contributed by atoms with van der Waals surface area (Å²) in [6, 6.07) is 0. The summed E-state index contributed by atoms with van der Waals surface area (Å²) >= 11 is 0. The fraction of sp³-hybridized carbons (Fsp3) is 1.00.